The van der Waals surface area contributed by atoms with Crippen LogP contribution in [0.2, 0.25) is 0 Å². The van der Waals surface area contributed by atoms with Gasteiger partial charge in [-0.15, -0.1) is 0 Å². The summed E-state index contributed by atoms with van der Waals surface area (Å²) in [7, 11) is -2.40. The zero-order chi connectivity index (χ0) is 36.2. The van der Waals surface area contributed by atoms with Gasteiger partial charge in [-0.1, -0.05) is 59.7 Å². The molecule has 48 heavy (non-hydrogen) atoms. The van der Waals surface area contributed by atoms with Crippen LogP contribution < -0.4 is 16.4 Å². The van der Waals surface area contributed by atoms with Gasteiger partial charge in [0.25, 0.3) is 11.8 Å². The number of amides is 5. The van der Waals surface area contributed by atoms with Gasteiger partial charge < -0.3 is 25.8 Å². The fourth-order valence-corrected chi connectivity index (χ4v) is 8.66. The smallest absolute Gasteiger partial charge is 0.254 e. The molecule has 1 heterocycles. The second-order valence-corrected chi connectivity index (χ2v) is 16.6. The van der Waals surface area contributed by atoms with Crippen molar-refractivity contribution in [3.05, 3.63) is 35.9 Å². The first-order chi connectivity index (χ1) is 22.5. The largest absolute Gasteiger partial charge is 0.357 e. The molecule has 13 heteroatoms. The molecule has 0 spiro atoms. The molecule has 5 amide bonds. The molecule has 1 saturated heterocycles. The zero-order valence-corrected chi connectivity index (χ0v) is 31.0. The molecule has 1 aromatic carbocycles. The third-order valence-corrected chi connectivity index (χ3v) is 10.8. The Hall–Kier alpha value is -3.08. The van der Waals surface area contributed by atoms with E-state index in [1.54, 1.807) is 37.3 Å². The minimum atomic E-state index is -3.90. The van der Waals surface area contributed by atoms with Gasteiger partial charge in [0.2, 0.25) is 25.1 Å². The molecule has 0 saturated carbocycles. The highest BCUT2D eigenvalue weighted by molar-refractivity contribution is 7.59. The highest BCUT2D eigenvalue weighted by Gasteiger charge is 2.44. The minimum Gasteiger partial charge on any atom is -0.357 e. The first kappa shape index (κ1) is 41.1. The molecule has 1 aromatic rings. The lowest BCUT2D eigenvalue weighted by Crippen LogP contribution is -2.54. The van der Waals surface area contributed by atoms with Crippen LogP contribution in [0.1, 0.15) is 90.9 Å². The molecule has 1 fully saturated rings. The van der Waals surface area contributed by atoms with Gasteiger partial charge in [-0.3, -0.25) is 33.4 Å². The van der Waals surface area contributed by atoms with Crippen LogP contribution in [-0.4, -0.2) is 90.1 Å². The maximum absolute atomic E-state index is 14.7. The maximum atomic E-state index is 14.7. The van der Waals surface area contributed by atoms with Gasteiger partial charge in [-0.25, -0.2) is 0 Å². The molecule has 270 valence electrons. The molecular formula is C35H58N5O7P. The van der Waals surface area contributed by atoms with E-state index in [1.807, 2.05) is 41.5 Å². The number of nitrogens with two attached hydrogens (primary N) is 1. The number of nitrogens with one attached hydrogen (secondary N) is 2. The fourth-order valence-electron chi connectivity index (χ4n) is 6.19. The lowest BCUT2D eigenvalue weighted by Gasteiger charge is -2.34. The molecule has 2 rings (SSSR count). The standard InChI is InChI=1S/C35H58N5O7P/c1-9-47-48(46,21-27(18-23(2)3)31(41)38-29(20-25(6)7)32(42)37-8)22-40(34(44)28(36)19-24(4)5)35(45)30-16-13-17-39(30)33(43)26-14-11-10-12-15-26/h10-12,14-15,23-25,27-30H,9,13,16-22,36H2,1-8H3,(H,37,42)(H,38,41)/t27?,28-,29-,30-,48?/m0/s1. The Bertz CT molecular complexity index is 1290. The Morgan fingerprint density at radius 1 is 0.958 bits per heavy atom. The molecule has 1 aliphatic rings. The van der Waals surface area contributed by atoms with Crippen molar-refractivity contribution in [2.24, 2.45) is 29.4 Å². The third-order valence-electron chi connectivity index (χ3n) is 8.33. The van der Waals surface area contributed by atoms with Gasteiger partial charge >= 0.3 is 0 Å². The Labute approximate surface area is 286 Å². The SMILES string of the molecule is CCOP(=O)(CC(CC(C)C)C(=O)N[C@@H](CC(C)C)C(=O)NC)CN(C(=O)[C@@H](N)CC(C)C)C(=O)[C@@H]1CCCN1C(=O)c1ccccc1. The topological polar surface area (TPSA) is 168 Å². The molecule has 4 N–H and O–H groups in total. The highest BCUT2D eigenvalue weighted by atomic mass is 31.2. The van der Waals surface area contributed by atoms with Crippen LogP contribution in [0.3, 0.4) is 0 Å². The lowest BCUT2D eigenvalue weighted by molar-refractivity contribution is -0.147. The molecule has 1 aliphatic heterocycles. The van der Waals surface area contributed by atoms with Gasteiger partial charge in [-0.2, -0.15) is 0 Å². The summed E-state index contributed by atoms with van der Waals surface area (Å²) in [6, 6.07) is 5.82. The van der Waals surface area contributed by atoms with Gasteiger partial charge in [0.15, 0.2) is 0 Å². The van der Waals surface area contributed by atoms with Crippen LogP contribution in [0.25, 0.3) is 0 Å². The molecule has 0 bridgehead atoms. The summed E-state index contributed by atoms with van der Waals surface area (Å²) in [5, 5.41) is 5.44. The summed E-state index contributed by atoms with van der Waals surface area (Å²) in [6.45, 7) is 13.6. The van der Waals surface area contributed by atoms with E-state index in [2.05, 4.69) is 10.6 Å². The third kappa shape index (κ3) is 12.1. The van der Waals surface area contributed by atoms with E-state index in [4.69, 9.17) is 10.3 Å². The number of hydrogen-bond donors (Lipinski definition) is 3. The first-order valence-electron chi connectivity index (χ1n) is 17.2. The highest BCUT2D eigenvalue weighted by Crippen LogP contribution is 2.50. The average Bonchev–Trinajstić information content (AvgIpc) is 3.51. The lowest BCUT2D eigenvalue weighted by atomic mass is 9.96. The number of carbonyl (C=O) groups is 5. The molecule has 0 aliphatic carbocycles. The molecule has 5 atom stereocenters. The minimum absolute atomic E-state index is 0.0117. The van der Waals surface area contributed by atoms with E-state index in [0.717, 1.165) is 4.90 Å². The number of rotatable bonds is 18. The Balaban J connectivity index is 2.49. The van der Waals surface area contributed by atoms with E-state index in [9.17, 15) is 28.5 Å². The summed E-state index contributed by atoms with van der Waals surface area (Å²) in [6.07, 6.45) is 1.08. The van der Waals surface area contributed by atoms with Crippen LogP contribution in [0, 0.1) is 23.7 Å². The summed E-state index contributed by atoms with van der Waals surface area (Å²) in [5.41, 5.74) is 6.75. The van der Waals surface area contributed by atoms with Crippen molar-refractivity contribution in [2.45, 2.75) is 98.7 Å². The zero-order valence-electron chi connectivity index (χ0n) is 30.1. The summed E-state index contributed by atoms with van der Waals surface area (Å²) < 4.78 is 20.6. The van der Waals surface area contributed by atoms with Gasteiger partial charge in [-0.05, 0) is 68.9 Å². The first-order valence-corrected chi connectivity index (χ1v) is 19.2. The number of hydrogen-bond acceptors (Lipinski definition) is 8. The monoisotopic (exact) mass is 691 g/mol. The fraction of sp³-hybridized carbons (Fsp3) is 0.686. The summed E-state index contributed by atoms with van der Waals surface area (Å²) >= 11 is 0. The molecule has 2 unspecified atom stereocenters. The predicted molar refractivity (Wildman–Crippen MR) is 187 cm³/mol. The van der Waals surface area contributed by atoms with Crippen LogP contribution in [-0.2, 0) is 28.3 Å². The van der Waals surface area contributed by atoms with Crippen LogP contribution in [0.5, 0.6) is 0 Å². The van der Waals surface area contributed by atoms with Crippen molar-refractivity contribution in [3.63, 3.8) is 0 Å². The van der Waals surface area contributed by atoms with Gasteiger partial charge in [0.05, 0.1) is 12.6 Å². The number of likely N-dealkylation sites (N-methyl/N-ethyl adjacent to an activating group) is 1. The van der Waals surface area contributed by atoms with Crippen molar-refractivity contribution in [2.75, 3.05) is 32.6 Å². The van der Waals surface area contributed by atoms with Crippen molar-refractivity contribution in [1.82, 2.24) is 20.4 Å². The number of imide groups is 1. The van der Waals surface area contributed by atoms with E-state index in [-0.39, 0.29) is 48.8 Å². The normalized spacial score (nSPS) is 17.9. The summed E-state index contributed by atoms with van der Waals surface area (Å²) in [4.78, 5) is 70.4. The van der Waals surface area contributed by atoms with Crippen LogP contribution in [0.15, 0.2) is 30.3 Å². The molecule has 12 nitrogen and oxygen atoms in total. The van der Waals surface area contributed by atoms with E-state index in [0.29, 0.717) is 37.8 Å². The van der Waals surface area contributed by atoms with Crippen LogP contribution >= 0.6 is 7.37 Å². The Morgan fingerprint density at radius 2 is 1.56 bits per heavy atom. The Kier molecular flexibility index (Phi) is 16.4. The van der Waals surface area contributed by atoms with Crippen LogP contribution in [0.4, 0.5) is 0 Å². The quantitative estimate of drug-likeness (QED) is 0.192. The molecule has 0 aromatic heterocycles. The predicted octanol–water partition coefficient (Wildman–Crippen LogP) is 4.23. The summed E-state index contributed by atoms with van der Waals surface area (Å²) in [5.74, 6) is -3.13. The molecule has 0 radical (unpaired) electrons. The van der Waals surface area contributed by atoms with E-state index in [1.165, 1.54) is 11.9 Å². The van der Waals surface area contributed by atoms with E-state index < -0.39 is 55.4 Å². The number of carbonyl (C=O) groups excluding carboxylic acids is 5. The van der Waals surface area contributed by atoms with Crippen molar-refractivity contribution < 1.29 is 33.1 Å². The van der Waals surface area contributed by atoms with Crippen molar-refractivity contribution in [3.8, 4) is 0 Å². The van der Waals surface area contributed by atoms with Gasteiger partial charge in [0, 0.05) is 31.2 Å². The van der Waals surface area contributed by atoms with E-state index >= 15 is 0 Å². The number of nitrogens with zero attached hydrogens (tertiary/aromatic N) is 2. The number of benzene rings is 1. The average molecular weight is 692 g/mol. The van der Waals surface area contributed by atoms with Crippen molar-refractivity contribution in [1.29, 1.82) is 0 Å². The second kappa shape index (κ2) is 19.2. The second-order valence-electron chi connectivity index (χ2n) is 14.1. The molecular weight excluding hydrogens is 633 g/mol. The maximum Gasteiger partial charge on any atom is 0.254 e. The van der Waals surface area contributed by atoms with Gasteiger partial charge in [0.1, 0.15) is 18.4 Å². The van der Waals surface area contributed by atoms with Crippen molar-refractivity contribution >= 4 is 36.9 Å². The number of likely N-dealkylation sites (tertiary alicyclic amines) is 1. The Morgan fingerprint density at radius 3 is 2.10 bits per heavy atom.